The number of amides is 1. The topological polar surface area (TPSA) is 57.7 Å². The lowest BCUT2D eigenvalue weighted by molar-refractivity contribution is -0.128. The van der Waals surface area contributed by atoms with Crippen LogP contribution in [0.5, 0.6) is 0 Å². The number of carbonyl (C=O) groups excluding carboxylic acids is 1. The molecule has 0 spiro atoms. The summed E-state index contributed by atoms with van der Waals surface area (Å²) in [6.45, 7) is 5.05. The minimum Gasteiger partial charge on any atom is -0.341 e. The summed E-state index contributed by atoms with van der Waals surface area (Å²) in [5, 5.41) is 0. The Bertz CT molecular complexity index is 889. The van der Waals surface area contributed by atoms with Crippen LogP contribution >= 0.6 is 0 Å². The van der Waals surface area contributed by atoms with E-state index in [0.717, 1.165) is 24.0 Å². The Morgan fingerprint density at radius 2 is 1.69 bits per heavy atom. The minimum absolute atomic E-state index is 0.151. The maximum atomic E-state index is 13.3. The van der Waals surface area contributed by atoms with E-state index in [9.17, 15) is 13.2 Å². The Morgan fingerprint density at radius 3 is 2.31 bits per heavy atom. The van der Waals surface area contributed by atoms with Gasteiger partial charge in [0.25, 0.3) is 10.0 Å². The predicted molar refractivity (Wildman–Crippen MR) is 103 cm³/mol. The first-order valence-electron chi connectivity index (χ1n) is 8.82. The van der Waals surface area contributed by atoms with Crippen molar-refractivity contribution < 1.29 is 13.2 Å². The van der Waals surface area contributed by atoms with Crippen molar-refractivity contribution in [3.63, 3.8) is 0 Å². The van der Waals surface area contributed by atoms with Gasteiger partial charge in [-0.3, -0.25) is 9.10 Å². The number of hydrogen-bond acceptors (Lipinski definition) is 3. The Labute approximate surface area is 155 Å². The molecule has 3 rings (SSSR count). The van der Waals surface area contributed by atoms with Crippen LogP contribution in [0.4, 0.5) is 5.69 Å². The van der Waals surface area contributed by atoms with Crippen molar-refractivity contribution in [1.29, 1.82) is 0 Å². The molecule has 5 nitrogen and oxygen atoms in total. The van der Waals surface area contributed by atoms with Gasteiger partial charge in [-0.05, 0) is 50.5 Å². The van der Waals surface area contributed by atoms with Gasteiger partial charge >= 0.3 is 0 Å². The van der Waals surface area contributed by atoms with Gasteiger partial charge in [0.05, 0.1) is 10.6 Å². The van der Waals surface area contributed by atoms with E-state index in [2.05, 4.69) is 0 Å². The maximum absolute atomic E-state index is 13.3. The fourth-order valence-electron chi connectivity index (χ4n) is 3.29. The predicted octanol–water partition coefficient (Wildman–Crippen LogP) is 3.12. The quantitative estimate of drug-likeness (QED) is 0.810. The number of benzene rings is 2. The Balaban J connectivity index is 2.02. The van der Waals surface area contributed by atoms with Gasteiger partial charge < -0.3 is 4.90 Å². The number of hydrogen-bond donors (Lipinski definition) is 0. The van der Waals surface area contributed by atoms with Crippen molar-refractivity contribution in [1.82, 2.24) is 4.90 Å². The van der Waals surface area contributed by atoms with Gasteiger partial charge in [0.15, 0.2) is 0 Å². The zero-order valence-electron chi connectivity index (χ0n) is 15.2. The van der Waals surface area contributed by atoms with Crippen molar-refractivity contribution >= 4 is 21.6 Å². The number of carbonyl (C=O) groups is 1. The molecule has 1 amide bonds. The highest BCUT2D eigenvalue weighted by molar-refractivity contribution is 7.92. The molecule has 138 valence electrons. The molecule has 0 N–H and O–H groups in total. The molecule has 0 unspecified atom stereocenters. The summed E-state index contributed by atoms with van der Waals surface area (Å²) >= 11 is 0. The van der Waals surface area contributed by atoms with Crippen molar-refractivity contribution in [2.24, 2.45) is 0 Å². The lowest BCUT2D eigenvalue weighted by atomic mass is 10.1. The largest absolute Gasteiger partial charge is 0.341 e. The van der Waals surface area contributed by atoms with Crippen LogP contribution in [-0.4, -0.2) is 38.9 Å². The fraction of sp³-hybridized carbons (Fsp3) is 0.350. The van der Waals surface area contributed by atoms with Gasteiger partial charge in [0, 0.05) is 13.1 Å². The molecule has 1 aliphatic rings. The van der Waals surface area contributed by atoms with Crippen LogP contribution in [0.1, 0.15) is 24.0 Å². The number of aryl methyl sites for hydroxylation is 2. The van der Waals surface area contributed by atoms with E-state index in [1.165, 1.54) is 4.31 Å². The highest BCUT2D eigenvalue weighted by Crippen LogP contribution is 2.28. The van der Waals surface area contributed by atoms with Crippen molar-refractivity contribution in [2.75, 3.05) is 23.9 Å². The molecule has 0 bridgehead atoms. The summed E-state index contributed by atoms with van der Waals surface area (Å²) in [7, 11) is -3.83. The van der Waals surface area contributed by atoms with Gasteiger partial charge in [-0.1, -0.05) is 35.9 Å². The summed E-state index contributed by atoms with van der Waals surface area (Å²) in [5.41, 5.74) is 2.43. The van der Waals surface area contributed by atoms with Gasteiger partial charge in [0.2, 0.25) is 5.91 Å². The SMILES string of the molecule is Cc1ccc(N(CC(=O)N2CCCC2)S(=O)(=O)c2ccccc2)c(C)c1. The molecule has 1 aliphatic heterocycles. The van der Waals surface area contributed by atoms with Crippen LogP contribution in [0, 0.1) is 13.8 Å². The molecule has 26 heavy (non-hydrogen) atoms. The number of sulfonamides is 1. The number of anilines is 1. The average Bonchev–Trinajstić information content (AvgIpc) is 3.15. The van der Waals surface area contributed by atoms with Gasteiger partial charge in [-0.25, -0.2) is 8.42 Å². The van der Waals surface area contributed by atoms with Crippen molar-refractivity contribution in [3.05, 3.63) is 59.7 Å². The Morgan fingerprint density at radius 1 is 1.04 bits per heavy atom. The molecular weight excluding hydrogens is 348 g/mol. The lowest BCUT2D eigenvalue weighted by Crippen LogP contribution is -2.42. The zero-order chi connectivity index (χ0) is 18.7. The lowest BCUT2D eigenvalue weighted by Gasteiger charge is -2.27. The first kappa shape index (κ1) is 18.5. The standard InChI is InChI=1S/C20H24N2O3S/c1-16-10-11-19(17(2)14-16)22(15-20(23)21-12-6-7-13-21)26(24,25)18-8-4-3-5-9-18/h3-5,8-11,14H,6-7,12-13,15H2,1-2H3. The first-order valence-corrected chi connectivity index (χ1v) is 10.3. The molecule has 1 heterocycles. The highest BCUT2D eigenvalue weighted by Gasteiger charge is 2.30. The fourth-order valence-corrected chi connectivity index (χ4v) is 4.79. The third-order valence-corrected chi connectivity index (χ3v) is 6.46. The summed E-state index contributed by atoms with van der Waals surface area (Å²) in [5.74, 6) is -0.151. The van der Waals surface area contributed by atoms with Crippen LogP contribution in [0.25, 0.3) is 0 Å². The minimum atomic E-state index is -3.83. The average molecular weight is 372 g/mol. The second-order valence-electron chi connectivity index (χ2n) is 6.70. The number of rotatable bonds is 5. The Kier molecular flexibility index (Phi) is 5.32. The van der Waals surface area contributed by atoms with Crippen LogP contribution in [0.15, 0.2) is 53.4 Å². The van der Waals surface area contributed by atoms with Crippen LogP contribution in [0.3, 0.4) is 0 Å². The molecule has 2 aromatic rings. The summed E-state index contributed by atoms with van der Waals surface area (Å²) in [4.78, 5) is 14.6. The van der Waals surface area contributed by atoms with Crippen molar-refractivity contribution in [2.45, 2.75) is 31.6 Å². The van der Waals surface area contributed by atoms with E-state index < -0.39 is 10.0 Å². The monoisotopic (exact) mass is 372 g/mol. The molecule has 0 aliphatic carbocycles. The molecular formula is C20H24N2O3S. The molecule has 0 radical (unpaired) electrons. The second kappa shape index (κ2) is 7.50. The summed E-state index contributed by atoms with van der Waals surface area (Å²) in [6.07, 6.45) is 1.95. The molecule has 1 saturated heterocycles. The van der Waals surface area contributed by atoms with Crippen molar-refractivity contribution in [3.8, 4) is 0 Å². The summed E-state index contributed by atoms with van der Waals surface area (Å²) < 4.78 is 27.8. The highest BCUT2D eigenvalue weighted by atomic mass is 32.2. The maximum Gasteiger partial charge on any atom is 0.264 e. The molecule has 0 aromatic heterocycles. The van der Waals surface area contributed by atoms with E-state index in [1.54, 1.807) is 41.3 Å². The van der Waals surface area contributed by atoms with E-state index in [-0.39, 0.29) is 17.3 Å². The second-order valence-corrected chi connectivity index (χ2v) is 8.56. The normalized spacial score (nSPS) is 14.5. The van der Waals surface area contributed by atoms with Crippen LogP contribution < -0.4 is 4.31 Å². The van der Waals surface area contributed by atoms with E-state index in [0.29, 0.717) is 18.8 Å². The van der Waals surface area contributed by atoms with Crippen LogP contribution in [0.2, 0.25) is 0 Å². The molecule has 0 atom stereocenters. The van der Waals surface area contributed by atoms with E-state index in [1.807, 2.05) is 26.0 Å². The van der Waals surface area contributed by atoms with E-state index in [4.69, 9.17) is 0 Å². The number of likely N-dealkylation sites (tertiary alicyclic amines) is 1. The number of nitrogens with zero attached hydrogens (tertiary/aromatic N) is 2. The Hall–Kier alpha value is -2.34. The van der Waals surface area contributed by atoms with E-state index >= 15 is 0 Å². The summed E-state index contributed by atoms with van der Waals surface area (Å²) in [6, 6.07) is 13.9. The van der Waals surface area contributed by atoms with Crippen LogP contribution in [-0.2, 0) is 14.8 Å². The van der Waals surface area contributed by atoms with Gasteiger partial charge in [-0.2, -0.15) is 0 Å². The third-order valence-electron chi connectivity index (χ3n) is 4.69. The first-order chi connectivity index (χ1) is 12.4. The van der Waals surface area contributed by atoms with Gasteiger partial charge in [-0.15, -0.1) is 0 Å². The van der Waals surface area contributed by atoms with Gasteiger partial charge in [0.1, 0.15) is 6.54 Å². The third kappa shape index (κ3) is 3.75. The zero-order valence-corrected chi connectivity index (χ0v) is 16.0. The molecule has 6 heteroatoms. The molecule has 2 aromatic carbocycles. The molecule has 1 fully saturated rings. The molecule has 0 saturated carbocycles. The smallest absolute Gasteiger partial charge is 0.264 e.